The number of halogens is 2. The molecule has 23 heavy (non-hydrogen) atoms. The van der Waals surface area contributed by atoms with Crippen molar-refractivity contribution >= 4 is 22.7 Å². The molecular weight excluding hydrogens is 306 g/mol. The summed E-state index contributed by atoms with van der Waals surface area (Å²) < 4.78 is 32.5. The minimum absolute atomic E-state index is 0.0158. The van der Waals surface area contributed by atoms with E-state index in [1.165, 1.54) is 16.7 Å². The van der Waals surface area contributed by atoms with Crippen molar-refractivity contribution in [1.29, 1.82) is 0 Å². The van der Waals surface area contributed by atoms with Gasteiger partial charge in [0.25, 0.3) is 5.91 Å². The Hall–Kier alpha value is -2.96. The number of nitrogens with one attached hydrogen (secondary N) is 1. The van der Waals surface area contributed by atoms with E-state index in [0.717, 1.165) is 12.1 Å². The Bertz CT molecular complexity index is 989. The lowest BCUT2D eigenvalue weighted by Crippen LogP contribution is -2.13. The maximum atomic E-state index is 13.2. The molecule has 0 aliphatic rings. The van der Waals surface area contributed by atoms with E-state index in [1.54, 1.807) is 20.0 Å². The molecule has 0 saturated carbocycles. The van der Waals surface area contributed by atoms with Crippen LogP contribution in [0.3, 0.4) is 0 Å². The highest BCUT2D eigenvalue weighted by atomic mass is 19.2. The van der Waals surface area contributed by atoms with E-state index in [2.05, 4.69) is 5.32 Å². The second-order valence-corrected chi connectivity index (χ2v) is 5.14. The molecule has 118 valence electrons. The van der Waals surface area contributed by atoms with Gasteiger partial charge in [-0.2, -0.15) is 0 Å². The third-order valence-corrected chi connectivity index (χ3v) is 3.57. The molecule has 0 unspecified atom stereocenters. The topological polar surface area (TPSA) is 64.2 Å². The SMILES string of the molecule is Cc1cc2c(cc1NC(=O)c1ccc(F)c(F)c1)oc(=O)n2C. The lowest BCUT2D eigenvalue weighted by atomic mass is 10.1. The Morgan fingerprint density at radius 3 is 2.61 bits per heavy atom. The number of benzene rings is 2. The fraction of sp³-hybridized carbons (Fsp3) is 0.125. The fourth-order valence-corrected chi connectivity index (χ4v) is 2.24. The molecule has 3 rings (SSSR count). The zero-order chi connectivity index (χ0) is 16.7. The highest BCUT2D eigenvalue weighted by Gasteiger charge is 2.14. The first-order valence-electron chi connectivity index (χ1n) is 6.73. The van der Waals surface area contributed by atoms with Gasteiger partial charge in [0.2, 0.25) is 0 Å². The highest BCUT2D eigenvalue weighted by Crippen LogP contribution is 2.23. The van der Waals surface area contributed by atoms with Gasteiger partial charge in [0.1, 0.15) is 0 Å². The van der Waals surface area contributed by atoms with E-state index in [-0.39, 0.29) is 5.56 Å². The third kappa shape index (κ3) is 2.61. The average Bonchev–Trinajstić information content (AvgIpc) is 2.77. The average molecular weight is 318 g/mol. The van der Waals surface area contributed by atoms with Crippen LogP contribution in [0.1, 0.15) is 15.9 Å². The lowest BCUT2D eigenvalue weighted by molar-refractivity contribution is 0.102. The number of carbonyl (C=O) groups excluding carboxylic acids is 1. The molecule has 3 aromatic rings. The van der Waals surface area contributed by atoms with Gasteiger partial charge in [0.15, 0.2) is 17.2 Å². The number of anilines is 1. The van der Waals surface area contributed by atoms with E-state index in [4.69, 9.17) is 4.42 Å². The van der Waals surface area contributed by atoms with Crippen molar-refractivity contribution < 1.29 is 18.0 Å². The van der Waals surface area contributed by atoms with Gasteiger partial charge in [-0.05, 0) is 36.8 Å². The molecule has 0 bridgehead atoms. The van der Waals surface area contributed by atoms with E-state index in [1.807, 2.05) is 0 Å². The minimum atomic E-state index is -1.10. The molecule has 0 aliphatic carbocycles. The number of aromatic nitrogens is 1. The highest BCUT2D eigenvalue weighted by molar-refractivity contribution is 6.05. The smallest absolute Gasteiger partial charge is 0.408 e. The molecule has 0 atom stereocenters. The molecule has 2 aromatic carbocycles. The predicted molar refractivity (Wildman–Crippen MR) is 80.5 cm³/mol. The lowest BCUT2D eigenvalue weighted by Gasteiger charge is -2.09. The van der Waals surface area contributed by atoms with Gasteiger partial charge in [-0.1, -0.05) is 0 Å². The van der Waals surface area contributed by atoms with Crippen molar-refractivity contribution in [3.05, 3.63) is 63.6 Å². The van der Waals surface area contributed by atoms with E-state index < -0.39 is 23.3 Å². The van der Waals surface area contributed by atoms with Crippen LogP contribution < -0.4 is 11.1 Å². The largest absolute Gasteiger partial charge is 0.419 e. The van der Waals surface area contributed by atoms with Crippen LogP contribution in [0, 0.1) is 18.6 Å². The van der Waals surface area contributed by atoms with E-state index in [0.29, 0.717) is 22.4 Å². The van der Waals surface area contributed by atoms with Crippen LogP contribution >= 0.6 is 0 Å². The van der Waals surface area contributed by atoms with Crippen molar-refractivity contribution in [2.24, 2.45) is 7.05 Å². The van der Waals surface area contributed by atoms with Gasteiger partial charge >= 0.3 is 5.76 Å². The van der Waals surface area contributed by atoms with Gasteiger partial charge in [-0.15, -0.1) is 0 Å². The van der Waals surface area contributed by atoms with E-state index >= 15 is 0 Å². The molecule has 0 saturated heterocycles. The Morgan fingerprint density at radius 2 is 1.91 bits per heavy atom. The van der Waals surface area contributed by atoms with Crippen LogP contribution in [0.5, 0.6) is 0 Å². The second-order valence-electron chi connectivity index (χ2n) is 5.14. The summed E-state index contributed by atoms with van der Waals surface area (Å²) >= 11 is 0. The molecular formula is C16H12F2N2O3. The summed E-state index contributed by atoms with van der Waals surface area (Å²) in [4.78, 5) is 23.6. The zero-order valence-electron chi connectivity index (χ0n) is 12.3. The summed E-state index contributed by atoms with van der Waals surface area (Å²) in [7, 11) is 1.58. The standard InChI is InChI=1S/C16H12F2N2O3/c1-8-5-13-14(23-16(22)20(13)2)7-12(8)19-15(21)9-3-4-10(17)11(18)6-9/h3-7H,1-2H3,(H,19,21). The summed E-state index contributed by atoms with van der Waals surface area (Å²) in [6, 6.07) is 6.10. The van der Waals surface area contributed by atoms with Crippen LogP contribution in [-0.4, -0.2) is 10.5 Å². The Balaban J connectivity index is 1.97. The molecule has 0 radical (unpaired) electrons. The zero-order valence-corrected chi connectivity index (χ0v) is 12.3. The number of hydrogen-bond acceptors (Lipinski definition) is 3. The Morgan fingerprint density at radius 1 is 1.17 bits per heavy atom. The molecule has 0 spiro atoms. The molecule has 1 N–H and O–H groups in total. The first-order chi connectivity index (χ1) is 10.9. The summed E-state index contributed by atoms with van der Waals surface area (Å²) in [6.45, 7) is 1.75. The predicted octanol–water partition coefficient (Wildman–Crippen LogP) is 2.97. The van der Waals surface area contributed by atoms with E-state index in [9.17, 15) is 18.4 Å². The van der Waals surface area contributed by atoms with Crippen LogP contribution in [0.2, 0.25) is 0 Å². The van der Waals surface area contributed by atoms with Crippen molar-refractivity contribution in [1.82, 2.24) is 4.57 Å². The molecule has 0 fully saturated rings. The number of oxazole rings is 1. The molecule has 1 amide bonds. The summed E-state index contributed by atoms with van der Waals surface area (Å²) in [5, 5.41) is 2.59. The summed E-state index contributed by atoms with van der Waals surface area (Å²) in [6.07, 6.45) is 0. The number of fused-ring (bicyclic) bond motifs is 1. The monoisotopic (exact) mass is 318 g/mol. The first-order valence-corrected chi connectivity index (χ1v) is 6.73. The number of amides is 1. The number of rotatable bonds is 2. The molecule has 0 aliphatic heterocycles. The molecule has 5 nitrogen and oxygen atoms in total. The van der Waals surface area contributed by atoms with Crippen LogP contribution in [0.4, 0.5) is 14.5 Å². The quantitative estimate of drug-likeness (QED) is 0.790. The number of nitrogens with zero attached hydrogens (tertiary/aromatic N) is 1. The van der Waals surface area contributed by atoms with Crippen molar-refractivity contribution in [2.45, 2.75) is 6.92 Å². The van der Waals surface area contributed by atoms with Gasteiger partial charge < -0.3 is 9.73 Å². The van der Waals surface area contributed by atoms with Crippen LogP contribution in [0.25, 0.3) is 11.1 Å². The van der Waals surface area contributed by atoms with Crippen molar-refractivity contribution in [3.8, 4) is 0 Å². The fourth-order valence-electron chi connectivity index (χ4n) is 2.24. The Kier molecular flexibility index (Phi) is 3.48. The summed E-state index contributed by atoms with van der Waals surface area (Å²) in [5.74, 6) is -3.22. The van der Waals surface area contributed by atoms with Crippen LogP contribution in [0.15, 0.2) is 39.5 Å². The number of carbonyl (C=O) groups is 1. The minimum Gasteiger partial charge on any atom is -0.408 e. The maximum absolute atomic E-state index is 13.2. The summed E-state index contributed by atoms with van der Waals surface area (Å²) in [5.41, 5.74) is 2.02. The molecule has 7 heteroatoms. The number of aryl methyl sites for hydroxylation is 2. The first kappa shape index (κ1) is 15.0. The molecule has 1 aromatic heterocycles. The van der Waals surface area contributed by atoms with Crippen molar-refractivity contribution in [2.75, 3.05) is 5.32 Å². The third-order valence-electron chi connectivity index (χ3n) is 3.57. The number of hydrogen-bond donors (Lipinski definition) is 1. The Labute approximate surface area is 129 Å². The molecule has 1 heterocycles. The van der Waals surface area contributed by atoms with Crippen LogP contribution in [-0.2, 0) is 7.05 Å². The van der Waals surface area contributed by atoms with Gasteiger partial charge in [0.05, 0.1) is 5.52 Å². The second kappa shape index (κ2) is 5.35. The maximum Gasteiger partial charge on any atom is 0.419 e. The van der Waals surface area contributed by atoms with Gasteiger partial charge in [-0.25, -0.2) is 13.6 Å². The normalized spacial score (nSPS) is 11.0. The van der Waals surface area contributed by atoms with Gasteiger partial charge in [0, 0.05) is 24.4 Å². The van der Waals surface area contributed by atoms with Crippen molar-refractivity contribution in [3.63, 3.8) is 0 Å². The van der Waals surface area contributed by atoms with Gasteiger partial charge in [-0.3, -0.25) is 9.36 Å².